The highest BCUT2D eigenvalue weighted by Gasteiger charge is 2.14. The molecular weight excluding hydrogens is 338 g/mol. The summed E-state index contributed by atoms with van der Waals surface area (Å²) in [5.41, 5.74) is 1.86. The summed E-state index contributed by atoms with van der Waals surface area (Å²) in [5.74, 6) is 0.688. The molecule has 0 aliphatic carbocycles. The topological polar surface area (TPSA) is 96.9 Å². The molecule has 3 aromatic rings. The van der Waals surface area contributed by atoms with Crippen molar-refractivity contribution in [2.45, 2.75) is 18.4 Å². The summed E-state index contributed by atoms with van der Waals surface area (Å²) < 4.78 is 27.0. The van der Waals surface area contributed by atoms with Gasteiger partial charge in [0, 0.05) is 6.20 Å². The van der Waals surface area contributed by atoms with Crippen LogP contribution in [0.15, 0.2) is 65.7 Å². The lowest BCUT2D eigenvalue weighted by atomic mass is 10.2. The zero-order chi connectivity index (χ0) is 17.7. The highest BCUT2D eigenvalue weighted by molar-refractivity contribution is 7.92. The van der Waals surface area contributed by atoms with E-state index in [1.165, 1.54) is 0 Å². The van der Waals surface area contributed by atoms with Crippen LogP contribution < -0.4 is 10.0 Å². The third-order valence-electron chi connectivity index (χ3n) is 3.41. The number of aryl methyl sites for hydroxylation is 1. The Kier molecular flexibility index (Phi) is 4.90. The van der Waals surface area contributed by atoms with E-state index in [1.807, 2.05) is 25.1 Å². The number of hydrogen-bond acceptors (Lipinski definition) is 6. The van der Waals surface area contributed by atoms with Gasteiger partial charge in [-0.3, -0.25) is 9.71 Å². The molecule has 0 saturated carbocycles. The Balaban J connectivity index is 1.65. The molecular formula is C17H17N5O2S. The van der Waals surface area contributed by atoms with E-state index in [0.717, 1.165) is 11.3 Å². The first-order valence-corrected chi connectivity index (χ1v) is 9.08. The predicted molar refractivity (Wildman–Crippen MR) is 95.6 cm³/mol. The molecule has 2 heterocycles. The quantitative estimate of drug-likeness (QED) is 0.705. The molecule has 0 atom stereocenters. The smallest absolute Gasteiger partial charge is 0.263 e. The van der Waals surface area contributed by atoms with Crippen molar-refractivity contribution in [3.63, 3.8) is 0 Å². The molecule has 0 aliphatic rings. The Morgan fingerprint density at radius 2 is 1.64 bits per heavy atom. The van der Waals surface area contributed by atoms with Gasteiger partial charge in [-0.1, -0.05) is 23.8 Å². The molecule has 25 heavy (non-hydrogen) atoms. The maximum Gasteiger partial charge on any atom is 0.263 e. The number of rotatable bonds is 6. The average molecular weight is 355 g/mol. The zero-order valence-corrected chi connectivity index (χ0v) is 14.4. The van der Waals surface area contributed by atoms with Crippen LogP contribution in [-0.2, 0) is 16.6 Å². The molecule has 3 rings (SSSR count). The van der Waals surface area contributed by atoms with Gasteiger partial charge in [-0.05, 0) is 43.3 Å². The fraction of sp³-hybridized carbons (Fsp3) is 0.118. The van der Waals surface area contributed by atoms with E-state index in [2.05, 4.69) is 25.2 Å². The summed E-state index contributed by atoms with van der Waals surface area (Å²) >= 11 is 0. The van der Waals surface area contributed by atoms with E-state index < -0.39 is 10.0 Å². The van der Waals surface area contributed by atoms with Crippen molar-refractivity contribution in [2.24, 2.45) is 0 Å². The SMILES string of the molecule is Cc1ccc(S(=O)(=O)Nc2ccc(NCc3ccccn3)nn2)cc1. The van der Waals surface area contributed by atoms with E-state index in [4.69, 9.17) is 0 Å². The second-order valence-corrected chi connectivity index (χ2v) is 7.08. The van der Waals surface area contributed by atoms with Crippen LogP contribution in [0.4, 0.5) is 11.6 Å². The van der Waals surface area contributed by atoms with Gasteiger partial charge in [0.2, 0.25) is 0 Å². The normalized spacial score (nSPS) is 11.1. The Labute approximate surface area is 146 Å². The van der Waals surface area contributed by atoms with E-state index in [0.29, 0.717) is 12.4 Å². The minimum atomic E-state index is -3.68. The van der Waals surface area contributed by atoms with Crippen LogP contribution in [0.2, 0.25) is 0 Å². The number of hydrogen-bond donors (Lipinski definition) is 2. The molecule has 0 fully saturated rings. The van der Waals surface area contributed by atoms with Gasteiger partial charge in [-0.25, -0.2) is 8.42 Å². The minimum absolute atomic E-state index is 0.156. The Hall–Kier alpha value is -3.00. The standard InChI is InChI=1S/C17H17N5O2S/c1-13-5-7-15(8-6-13)25(23,24)22-17-10-9-16(20-21-17)19-12-14-4-2-3-11-18-14/h2-11H,12H2,1H3,(H,19,20)(H,21,22). The lowest BCUT2D eigenvalue weighted by Gasteiger charge is -2.08. The molecule has 0 bridgehead atoms. The first-order valence-electron chi connectivity index (χ1n) is 7.60. The summed E-state index contributed by atoms with van der Waals surface area (Å²) in [6.07, 6.45) is 1.71. The lowest BCUT2D eigenvalue weighted by Crippen LogP contribution is -2.14. The largest absolute Gasteiger partial charge is 0.363 e. The number of aromatic nitrogens is 3. The summed E-state index contributed by atoms with van der Waals surface area (Å²) in [4.78, 5) is 4.38. The molecule has 0 radical (unpaired) electrons. The third-order valence-corrected chi connectivity index (χ3v) is 4.78. The highest BCUT2D eigenvalue weighted by Crippen LogP contribution is 2.15. The van der Waals surface area contributed by atoms with Crippen molar-refractivity contribution in [1.29, 1.82) is 0 Å². The van der Waals surface area contributed by atoms with E-state index in [-0.39, 0.29) is 10.7 Å². The maximum atomic E-state index is 12.3. The van der Waals surface area contributed by atoms with E-state index >= 15 is 0 Å². The Morgan fingerprint density at radius 3 is 2.28 bits per heavy atom. The first-order chi connectivity index (χ1) is 12.0. The molecule has 1 aromatic carbocycles. The number of sulfonamides is 1. The maximum absolute atomic E-state index is 12.3. The summed E-state index contributed by atoms with van der Waals surface area (Å²) in [6.45, 7) is 2.40. The number of nitrogens with one attached hydrogen (secondary N) is 2. The van der Waals surface area contributed by atoms with Gasteiger partial charge < -0.3 is 5.32 Å². The lowest BCUT2D eigenvalue weighted by molar-refractivity contribution is 0.601. The van der Waals surface area contributed by atoms with Gasteiger partial charge in [-0.15, -0.1) is 10.2 Å². The van der Waals surface area contributed by atoms with Crippen molar-refractivity contribution < 1.29 is 8.42 Å². The van der Waals surface area contributed by atoms with Gasteiger partial charge >= 0.3 is 0 Å². The number of anilines is 2. The molecule has 8 heteroatoms. The van der Waals surface area contributed by atoms with Crippen molar-refractivity contribution in [3.05, 3.63) is 72.1 Å². The van der Waals surface area contributed by atoms with Crippen LogP contribution in [-0.4, -0.2) is 23.6 Å². The molecule has 0 amide bonds. The molecule has 0 saturated heterocycles. The van der Waals surface area contributed by atoms with Crippen LogP contribution in [0.1, 0.15) is 11.3 Å². The van der Waals surface area contributed by atoms with Gasteiger partial charge in [0.1, 0.15) is 5.82 Å². The van der Waals surface area contributed by atoms with Gasteiger partial charge in [0.05, 0.1) is 17.1 Å². The fourth-order valence-electron chi connectivity index (χ4n) is 2.08. The molecule has 7 nitrogen and oxygen atoms in total. The minimum Gasteiger partial charge on any atom is -0.363 e. The zero-order valence-electron chi connectivity index (χ0n) is 13.5. The monoisotopic (exact) mass is 355 g/mol. The summed E-state index contributed by atoms with van der Waals surface area (Å²) in [5, 5.41) is 10.9. The number of nitrogens with zero attached hydrogens (tertiary/aromatic N) is 3. The van der Waals surface area contributed by atoms with Crippen molar-refractivity contribution in [3.8, 4) is 0 Å². The Morgan fingerprint density at radius 1 is 0.920 bits per heavy atom. The second kappa shape index (κ2) is 7.27. The number of pyridine rings is 1. The second-order valence-electron chi connectivity index (χ2n) is 5.40. The van der Waals surface area contributed by atoms with Crippen molar-refractivity contribution >= 4 is 21.7 Å². The molecule has 128 valence electrons. The van der Waals surface area contributed by atoms with Gasteiger partial charge in [0.15, 0.2) is 5.82 Å². The third kappa shape index (κ3) is 4.51. The molecule has 0 spiro atoms. The average Bonchev–Trinajstić information content (AvgIpc) is 2.62. The van der Waals surface area contributed by atoms with Crippen molar-refractivity contribution in [2.75, 3.05) is 10.0 Å². The molecule has 2 aromatic heterocycles. The van der Waals surface area contributed by atoms with Crippen molar-refractivity contribution in [1.82, 2.24) is 15.2 Å². The first kappa shape index (κ1) is 16.8. The summed E-state index contributed by atoms with van der Waals surface area (Å²) in [6, 6.07) is 15.4. The highest BCUT2D eigenvalue weighted by atomic mass is 32.2. The van der Waals surface area contributed by atoms with Crippen LogP contribution in [0.3, 0.4) is 0 Å². The van der Waals surface area contributed by atoms with Crippen LogP contribution in [0, 0.1) is 6.92 Å². The Bertz CT molecular complexity index is 927. The van der Waals surface area contributed by atoms with Crippen LogP contribution in [0.25, 0.3) is 0 Å². The number of benzene rings is 1. The fourth-order valence-corrected chi connectivity index (χ4v) is 3.08. The van der Waals surface area contributed by atoms with Crippen LogP contribution in [0.5, 0.6) is 0 Å². The molecule has 0 unspecified atom stereocenters. The van der Waals surface area contributed by atoms with E-state index in [9.17, 15) is 8.42 Å². The molecule has 2 N–H and O–H groups in total. The molecule has 0 aliphatic heterocycles. The summed E-state index contributed by atoms with van der Waals surface area (Å²) in [7, 11) is -3.68. The van der Waals surface area contributed by atoms with Gasteiger partial charge in [-0.2, -0.15) is 0 Å². The predicted octanol–water partition coefficient (Wildman–Crippen LogP) is 2.59. The van der Waals surface area contributed by atoms with Gasteiger partial charge in [0.25, 0.3) is 10.0 Å². The van der Waals surface area contributed by atoms with Crippen LogP contribution >= 0.6 is 0 Å². The van der Waals surface area contributed by atoms with E-state index in [1.54, 1.807) is 42.6 Å².